The molecule has 0 amide bonds. The Morgan fingerprint density at radius 2 is 2.33 bits per heavy atom. The van der Waals surface area contributed by atoms with E-state index in [1.807, 2.05) is 18.2 Å². The van der Waals surface area contributed by atoms with Gasteiger partial charge in [0, 0.05) is 5.92 Å². The third-order valence-electron chi connectivity index (χ3n) is 2.65. The third kappa shape index (κ3) is 1.62. The van der Waals surface area contributed by atoms with E-state index in [4.69, 9.17) is 10.3 Å². The molecule has 15 heavy (non-hydrogen) atoms. The standard InChI is InChI=1S/C11H12N2O2/c12-14-6-7-1-4-10-9(5-7)13-11(15-10)8-2-3-8/h1,4-5,8H,2-3,6,12H2. The highest BCUT2D eigenvalue weighted by Crippen LogP contribution is 2.40. The predicted molar refractivity (Wildman–Crippen MR) is 55.0 cm³/mol. The Morgan fingerprint density at radius 3 is 3.07 bits per heavy atom. The molecule has 1 fully saturated rings. The number of aromatic nitrogens is 1. The molecule has 78 valence electrons. The zero-order valence-corrected chi connectivity index (χ0v) is 8.27. The molecule has 1 aromatic carbocycles. The maximum absolute atomic E-state index is 5.64. The monoisotopic (exact) mass is 204 g/mol. The average molecular weight is 204 g/mol. The van der Waals surface area contributed by atoms with Crippen LogP contribution in [0, 0.1) is 0 Å². The molecule has 2 aromatic rings. The summed E-state index contributed by atoms with van der Waals surface area (Å²) in [7, 11) is 0. The van der Waals surface area contributed by atoms with E-state index in [-0.39, 0.29) is 0 Å². The van der Waals surface area contributed by atoms with Crippen LogP contribution in [0.15, 0.2) is 22.6 Å². The summed E-state index contributed by atoms with van der Waals surface area (Å²) in [5.74, 6) is 6.44. The minimum atomic E-state index is 0.404. The second-order valence-electron chi connectivity index (χ2n) is 3.94. The lowest BCUT2D eigenvalue weighted by atomic mass is 10.2. The summed E-state index contributed by atoms with van der Waals surface area (Å²) in [5.41, 5.74) is 2.75. The first-order valence-corrected chi connectivity index (χ1v) is 5.08. The second kappa shape index (κ2) is 3.32. The van der Waals surface area contributed by atoms with Gasteiger partial charge in [-0.2, -0.15) is 0 Å². The van der Waals surface area contributed by atoms with E-state index in [1.54, 1.807) is 0 Å². The van der Waals surface area contributed by atoms with Gasteiger partial charge in [-0.3, -0.25) is 4.84 Å². The minimum absolute atomic E-state index is 0.404. The van der Waals surface area contributed by atoms with Crippen molar-refractivity contribution in [3.05, 3.63) is 29.7 Å². The van der Waals surface area contributed by atoms with Crippen molar-refractivity contribution in [2.24, 2.45) is 5.90 Å². The highest BCUT2D eigenvalue weighted by molar-refractivity contribution is 5.73. The number of hydrogen-bond donors (Lipinski definition) is 1. The lowest BCUT2D eigenvalue weighted by Crippen LogP contribution is -1.98. The van der Waals surface area contributed by atoms with Crippen molar-refractivity contribution >= 4 is 11.1 Å². The summed E-state index contributed by atoms with van der Waals surface area (Å²) in [6.07, 6.45) is 2.40. The van der Waals surface area contributed by atoms with Crippen LogP contribution in [0.4, 0.5) is 0 Å². The Labute approximate surface area is 87.0 Å². The largest absolute Gasteiger partial charge is 0.440 e. The Bertz CT molecular complexity index is 488. The molecule has 0 spiro atoms. The molecule has 3 rings (SSSR count). The van der Waals surface area contributed by atoms with Gasteiger partial charge in [0.15, 0.2) is 11.5 Å². The van der Waals surface area contributed by atoms with Gasteiger partial charge in [0.25, 0.3) is 0 Å². The van der Waals surface area contributed by atoms with E-state index >= 15 is 0 Å². The van der Waals surface area contributed by atoms with Gasteiger partial charge in [-0.1, -0.05) is 6.07 Å². The predicted octanol–water partition coefficient (Wildman–Crippen LogP) is 2.10. The molecule has 1 heterocycles. The summed E-state index contributed by atoms with van der Waals surface area (Å²) in [4.78, 5) is 9.04. The maximum Gasteiger partial charge on any atom is 0.198 e. The van der Waals surface area contributed by atoms with Gasteiger partial charge in [0.05, 0.1) is 6.61 Å². The Morgan fingerprint density at radius 1 is 1.47 bits per heavy atom. The van der Waals surface area contributed by atoms with E-state index in [0.29, 0.717) is 12.5 Å². The van der Waals surface area contributed by atoms with E-state index < -0.39 is 0 Å². The topological polar surface area (TPSA) is 61.3 Å². The molecule has 2 N–H and O–H groups in total. The fourth-order valence-electron chi connectivity index (χ4n) is 1.68. The van der Waals surface area contributed by atoms with Crippen molar-refractivity contribution in [3.8, 4) is 0 Å². The second-order valence-corrected chi connectivity index (χ2v) is 3.94. The fourth-order valence-corrected chi connectivity index (χ4v) is 1.68. The summed E-state index contributed by atoms with van der Waals surface area (Å²) in [5, 5.41) is 0. The molecule has 0 bridgehead atoms. The van der Waals surface area contributed by atoms with Crippen molar-refractivity contribution in [2.45, 2.75) is 25.4 Å². The number of benzene rings is 1. The van der Waals surface area contributed by atoms with Crippen LogP contribution >= 0.6 is 0 Å². The maximum atomic E-state index is 5.64. The van der Waals surface area contributed by atoms with Crippen LogP contribution in [0.2, 0.25) is 0 Å². The van der Waals surface area contributed by atoms with E-state index in [0.717, 1.165) is 22.6 Å². The number of hydrogen-bond acceptors (Lipinski definition) is 4. The zero-order valence-electron chi connectivity index (χ0n) is 8.27. The van der Waals surface area contributed by atoms with Crippen LogP contribution in [-0.4, -0.2) is 4.98 Å². The zero-order chi connectivity index (χ0) is 10.3. The van der Waals surface area contributed by atoms with Crippen LogP contribution in [0.25, 0.3) is 11.1 Å². The summed E-state index contributed by atoms with van der Waals surface area (Å²) in [6.45, 7) is 0.404. The number of nitrogens with two attached hydrogens (primary N) is 1. The quantitative estimate of drug-likeness (QED) is 0.777. The van der Waals surface area contributed by atoms with Crippen molar-refractivity contribution in [1.29, 1.82) is 0 Å². The molecule has 0 radical (unpaired) electrons. The average Bonchev–Trinajstić information content (AvgIpc) is 2.99. The lowest BCUT2D eigenvalue weighted by molar-refractivity contribution is 0.124. The SMILES string of the molecule is NOCc1ccc2oc(C3CC3)nc2c1. The molecule has 4 nitrogen and oxygen atoms in total. The number of fused-ring (bicyclic) bond motifs is 1. The number of oxazole rings is 1. The van der Waals surface area contributed by atoms with Crippen LogP contribution < -0.4 is 5.90 Å². The van der Waals surface area contributed by atoms with Gasteiger partial charge in [0.2, 0.25) is 0 Å². The molecular weight excluding hydrogens is 192 g/mol. The van der Waals surface area contributed by atoms with E-state index in [9.17, 15) is 0 Å². The normalized spacial score (nSPS) is 16.1. The molecule has 1 aliphatic rings. The Hall–Kier alpha value is -1.39. The molecule has 0 unspecified atom stereocenters. The lowest BCUT2D eigenvalue weighted by Gasteiger charge is -1.96. The van der Waals surface area contributed by atoms with Crippen molar-refractivity contribution in [2.75, 3.05) is 0 Å². The highest BCUT2D eigenvalue weighted by atomic mass is 16.6. The third-order valence-corrected chi connectivity index (χ3v) is 2.65. The highest BCUT2D eigenvalue weighted by Gasteiger charge is 2.28. The first-order valence-electron chi connectivity index (χ1n) is 5.08. The number of nitrogens with zero attached hydrogens (tertiary/aromatic N) is 1. The first-order chi connectivity index (χ1) is 7.36. The van der Waals surface area contributed by atoms with Gasteiger partial charge in [-0.15, -0.1) is 0 Å². The van der Waals surface area contributed by atoms with Crippen LogP contribution in [0.5, 0.6) is 0 Å². The van der Waals surface area contributed by atoms with Crippen molar-refractivity contribution in [1.82, 2.24) is 4.98 Å². The summed E-state index contributed by atoms with van der Waals surface area (Å²) >= 11 is 0. The first kappa shape index (κ1) is 8.88. The van der Waals surface area contributed by atoms with Gasteiger partial charge < -0.3 is 4.42 Å². The van der Waals surface area contributed by atoms with Crippen LogP contribution in [-0.2, 0) is 11.4 Å². The smallest absolute Gasteiger partial charge is 0.198 e. The van der Waals surface area contributed by atoms with Crippen LogP contribution in [0.1, 0.15) is 30.2 Å². The van der Waals surface area contributed by atoms with Gasteiger partial charge >= 0.3 is 0 Å². The molecule has 0 saturated heterocycles. The van der Waals surface area contributed by atoms with Crippen molar-refractivity contribution < 1.29 is 9.25 Å². The van der Waals surface area contributed by atoms with Crippen molar-refractivity contribution in [3.63, 3.8) is 0 Å². The summed E-state index contributed by atoms with van der Waals surface area (Å²) in [6, 6.07) is 5.82. The molecule has 1 aliphatic carbocycles. The summed E-state index contributed by atoms with van der Waals surface area (Å²) < 4.78 is 5.64. The molecule has 0 atom stereocenters. The van der Waals surface area contributed by atoms with E-state index in [1.165, 1.54) is 12.8 Å². The van der Waals surface area contributed by atoms with E-state index in [2.05, 4.69) is 9.82 Å². The Kier molecular flexibility index (Phi) is 1.97. The minimum Gasteiger partial charge on any atom is -0.440 e. The van der Waals surface area contributed by atoms with Gasteiger partial charge in [-0.05, 0) is 30.5 Å². The molecule has 0 aliphatic heterocycles. The molecule has 1 aromatic heterocycles. The Balaban J connectivity index is 2.02. The number of rotatable bonds is 3. The van der Waals surface area contributed by atoms with Gasteiger partial charge in [-0.25, -0.2) is 10.9 Å². The van der Waals surface area contributed by atoms with Gasteiger partial charge in [0.1, 0.15) is 5.52 Å². The molecular formula is C11H12N2O2. The molecule has 1 saturated carbocycles. The fraction of sp³-hybridized carbons (Fsp3) is 0.364. The molecule has 4 heteroatoms. The van der Waals surface area contributed by atoms with Crippen LogP contribution in [0.3, 0.4) is 0 Å².